The van der Waals surface area contributed by atoms with Crippen molar-refractivity contribution in [2.75, 3.05) is 7.11 Å². The quantitative estimate of drug-likeness (QED) is 0.187. The summed E-state index contributed by atoms with van der Waals surface area (Å²) in [7, 11) is 1.65. The number of ether oxygens (including phenoxy) is 1. The smallest absolute Gasteiger partial charge is 0.126 e. The average Bonchev–Trinajstić information content (AvgIpc) is 3.01. The van der Waals surface area contributed by atoms with Gasteiger partial charge in [0.2, 0.25) is 0 Å². The number of aliphatic hydroxyl groups excluding tert-OH is 1. The standard InChI is InChI=1S/C12H12O2.4C11H10.12C2H6.2CH2O/c1-14-12-7-6-9(8-13)10-4-2-3-5-11(10)12;4*1-9-5-4-7-10-6-2-3-8-11(9)10;14*1-2/h2-7,13H,8H2,1H3;4*2-8H,1H3;12*1-2H3;2*1H2. The number of methoxy groups -OCH3 is 1. The molecule has 0 aliphatic heterocycles. The van der Waals surface area contributed by atoms with E-state index in [4.69, 9.17) is 19.4 Å². The Hall–Kier alpha value is -7.40. The Kier molecular flexibility index (Phi) is 88.2. The van der Waals surface area contributed by atoms with E-state index < -0.39 is 0 Å². The van der Waals surface area contributed by atoms with E-state index in [0.29, 0.717) is 0 Å². The maximum Gasteiger partial charge on any atom is 0.126 e. The second-order valence-corrected chi connectivity index (χ2v) is 14.3. The molecule has 0 saturated heterocycles. The summed E-state index contributed by atoms with van der Waals surface area (Å²) in [6, 6.07) is 71.0. The molecule has 0 spiro atoms. The van der Waals surface area contributed by atoms with Crippen molar-refractivity contribution in [3.63, 3.8) is 0 Å². The normalized spacial score (nSPS) is 7.88. The lowest BCUT2D eigenvalue weighted by atomic mass is 10.0. The van der Waals surface area contributed by atoms with E-state index in [-0.39, 0.29) is 6.61 Å². The maximum absolute atomic E-state index is 9.16. The van der Waals surface area contributed by atoms with Gasteiger partial charge >= 0.3 is 0 Å². The minimum Gasteiger partial charge on any atom is -0.496 e. The van der Waals surface area contributed by atoms with Crippen molar-refractivity contribution in [3.05, 3.63) is 234 Å². The zero-order valence-electron chi connectivity index (χ0n) is 60.4. The summed E-state index contributed by atoms with van der Waals surface area (Å²) in [4.78, 5) is 16.0. The summed E-state index contributed by atoms with van der Waals surface area (Å²) in [5.74, 6) is 0.845. The van der Waals surface area contributed by atoms with E-state index in [2.05, 4.69) is 198 Å². The Morgan fingerprint density at radius 1 is 0.256 bits per heavy atom. The van der Waals surface area contributed by atoms with Crippen LogP contribution in [0.3, 0.4) is 0 Å². The van der Waals surface area contributed by atoms with Crippen molar-refractivity contribution >= 4 is 67.4 Å². The third kappa shape index (κ3) is 40.0. The zero-order valence-corrected chi connectivity index (χ0v) is 60.4. The fraction of sp³-hybridized carbons (Fsp3) is 0.366. The molecule has 480 valence electrons. The van der Waals surface area contributed by atoms with Crippen LogP contribution in [0.2, 0.25) is 0 Å². The van der Waals surface area contributed by atoms with E-state index in [1.54, 1.807) is 7.11 Å². The number of aliphatic hydroxyl groups is 1. The van der Waals surface area contributed by atoms with Gasteiger partial charge in [0.1, 0.15) is 19.3 Å². The lowest BCUT2D eigenvalue weighted by Gasteiger charge is -2.08. The van der Waals surface area contributed by atoms with Gasteiger partial charge in [-0.2, -0.15) is 0 Å². The molecule has 0 bridgehead atoms. The first kappa shape index (κ1) is 97.7. The largest absolute Gasteiger partial charge is 0.496 e. The molecule has 0 atom stereocenters. The van der Waals surface area contributed by atoms with Crippen molar-refractivity contribution in [2.45, 2.75) is 200 Å². The molecule has 0 aliphatic carbocycles. The Morgan fingerprint density at radius 3 is 0.640 bits per heavy atom. The molecule has 10 aromatic carbocycles. The van der Waals surface area contributed by atoms with Crippen molar-refractivity contribution in [2.24, 2.45) is 0 Å². The van der Waals surface area contributed by atoms with Crippen LogP contribution < -0.4 is 4.74 Å². The van der Waals surface area contributed by atoms with Crippen LogP contribution in [0.25, 0.3) is 53.9 Å². The SMILES string of the molecule is C=O.C=O.CC.CC.CC.CC.CC.CC.CC.CC.CC.CC.CC.CC.COc1ccc(CO)c2ccccc12.Cc1cccc2ccccc12.Cc1cccc2ccccc12.Cc1cccc2ccccc12.Cc1cccc2ccccc12. The predicted octanol–water partition coefficient (Wildman–Crippen LogP) is 26.9. The molecule has 0 heterocycles. The molecule has 4 heteroatoms. The van der Waals surface area contributed by atoms with E-state index in [0.717, 1.165) is 22.1 Å². The highest BCUT2D eigenvalue weighted by molar-refractivity contribution is 5.91. The first-order valence-corrected chi connectivity index (χ1v) is 32.4. The highest BCUT2D eigenvalue weighted by Crippen LogP contribution is 2.28. The van der Waals surface area contributed by atoms with Crippen molar-refractivity contribution in [1.29, 1.82) is 0 Å². The number of rotatable bonds is 2. The highest BCUT2D eigenvalue weighted by atomic mass is 16.5. The minimum atomic E-state index is 0.0600. The van der Waals surface area contributed by atoms with Crippen molar-refractivity contribution < 1.29 is 19.4 Å². The second-order valence-electron chi connectivity index (χ2n) is 14.3. The number of fused-ring (bicyclic) bond motifs is 5. The predicted molar refractivity (Wildman–Crippen MR) is 402 cm³/mol. The molecule has 1 N–H and O–H groups in total. The molecule has 0 amide bonds. The van der Waals surface area contributed by atoms with Crippen molar-refractivity contribution in [1.82, 2.24) is 0 Å². The van der Waals surface area contributed by atoms with Gasteiger partial charge in [0.25, 0.3) is 0 Å². The molecule has 0 unspecified atom stereocenters. The molecule has 0 aliphatic rings. The van der Waals surface area contributed by atoms with Crippen molar-refractivity contribution in [3.8, 4) is 5.75 Å². The molecular formula is C82H128O4. The van der Waals surface area contributed by atoms with Crippen LogP contribution in [0.15, 0.2) is 206 Å². The van der Waals surface area contributed by atoms with Crippen LogP contribution in [-0.4, -0.2) is 25.8 Å². The van der Waals surface area contributed by atoms with Gasteiger partial charge in [-0.25, -0.2) is 0 Å². The monoisotopic (exact) mass is 1180 g/mol. The van der Waals surface area contributed by atoms with Gasteiger partial charge in [-0.3, -0.25) is 0 Å². The van der Waals surface area contributed by atoms with E-state index in [1.165, 1.54) is 65.3 Å². The topological polar surface area (TPSA) is 63.6 Å². The Bertz CT molecular complexity index is 2540. The lowest BCUT2D eigenvalue weighted by molar-refractivity contribution is -0.0987. The number of carbonyl (C=O) groups excluding carboxylic acids is 2. The molecular weight excluding hydrogens is 1050 g/mol. The number of hydrogen-bond acceptors (Lipinski definition) is 4. The third-order valence-corrected chi connectivity index (χ3v) is 10.4. The van der Waals surface area contributed by atoms with Gasteiger partial charge in [-0.15, -0.1) is 0 Å². The summed E-state index contributed by atoms with van der Waals surface area (Å²) in [6.07, 6.45) is 0. The first-order valence-electron chi connectivity index (χ1n) is 32.4. The molecule has 86 heavy (non-hydrogen) atoms. The second kappa shape index (κ2) is 77.6. The minimum absolute atomic E-state index is 0.0600. The van der Waals surface area contributed by atoms with Crippen LogP contribution in [0.1, 0.15) is 194 Å². The third-order valence-electron chi connectivity index (χ3n) is 10.4. The van der Waals surface area contributed by atoms with Crippen LogP contribution in [0.5, 0.6) is 5.75 Å². The summed E-state index contributed by atoms with van der Waals surface area (Å²) in [5, 5.41) is 22.0. The molecule has 0 radical (unpaired) electrons. The lowest BCUT2D eigenvalue weighted by Crippen LogP contribution is -1.89. The van der Waals surface area contributed by atoms with Gasteiger partial charge in [0.05, 0.1) is 13.7 Å². The Labute approximate surface area is 531 Å². The van der Waals surface area contributed by atoms with Crippen LogP contribution in [0, 0.1) is 27.7 Å². The van der Waals surface area contributed by atoms with E-state index in [9.17, 15) is 0 Å². The number of hydrogen-bond donors (Lipinski definition) is 1. The molecule has 10 aromatic rings. The first-order chi connectivity index (χ1) is 42.4. The van der Waals surface area contributed by atoms with Gasteiger partial charge in [0.15, 0.2) is 0 Å². The van der Waals surface area contributed by atoms with Gasteiger partial charge in [-0.05, 0) is 110 Å². The summed E-state index contributed by atoms with van der Waals surface area (Å²) < 4.78 is 5.25. The van der Waals surface area contributed by atoms with Crippen LogP contribution in [0.4, 0.5) is 0 Å². The average molecular weight is 1180 g/mol. The highest BCUT2D eigenvalue weighted by Gasteiger charge is 2.04. The summed E-state index contributed by atoms with van der Waals surface area (Å²) >= 11 is 0. The van der Waals surface area contributed by atoms with E-state index in [1.807, 2.05) is 216 Å². The summed E-state index contributed by atoms with van der Waals surface area (Å²) in [6.45, 7) is 60.6. The van der Waals surface area contributed by atoms with Crippen LogP contribution >= 0.6 is 0 Å². The van der Waals surface area contributed by atoms with Gasteiger partial charge in [0, 0.05) is 5.39 Å². The fourth-order valence-electron chi connectivity index (χ4n) is 7.20. The Balaban J connectivity index is -0.000000112. The maximum atomic E-state index is 9.16. The molecule has 4 nitrogen and oxygen atoms in total. The van der Waals surface area contributed by atoms with Gasteiger partial charge < -0.3 is 19.4 Å². The van der Waals surface area contributed by atoms with Crippen LogP contribution in [-0.2, 0) is 16.2 Å². The van der Waals surface area contributed by atoms with Gasteiger partial charge in [-0.1, -0.05) is 366 Å². The number of benzene rings is 10. The van der Waals surface area contributed by atoms with E-state index >= 15 is 0 Å². The molecule has 0 fully saturated rings. The molecule has 10 rings (SSSR count). The number of carbonyl (C=O) groups is 2. The summed E-state index contributed by atoms with van der Waals surface area (Å²) in [5.41, 5.74) is 6.33. The molecule has 0 saturated carbocycles. The molecule has 0 aromatic heterocycles. The zero-order chi connectivity index (χ0) is 68.7. The fourth-order valence-corrected chi connectivity index (χ4v) is 7.20. The Morgan fingerprint density at radius 2 is 0.442 bits per heavy atom. The number of aryl methyl sites for hydroxylation is 4.